The third-order valence-corrected chi connectivity index (χ3v) is 0. The van der Waals surface area contributed by atoms with Crippen molar-refractivity contribution < 1.29 is 37.3 Å². The summed E-state index contributed by atoms with van der Waals surface area (Å²) < 4.78 is 0. The molecule has 0 aromatic heterocycles. The fourth-order valence-electron chi connectivity index (χ4n) is 0. The molecule has 0 heterocycles. The molecule has 0 aliphatic heterocycles. The molecule has 0 rings (SSSR count). The normalized spacial score (nSPS) is 3.00. The van der Waals surface area contributed by atoms with Crippen LogP contribution in [0.2, 0.25) is 0 Å². The average molecular weight is 445 g/mol. The zero-order valence-corrected chi connectivity index (χ0v) is 8.26. The van der Waals surface area contributed by atoms with Gasteiger partial charge >= 0.3 is 34.6 Å². The zero-order valence-electron chi connectivity index (χ0n) is 1.53. The van der Waals surface area contributed by atoms with Gasteiger partial charge < -0.3 is 0 Å². The van der Waals surface area contributed by atoms with E-state index in [9.17, 15) is 0 Å². The SMILES string of the molecule is [Au].[S]=[W]=[S]. The molecule has 0 aliphatic rings. The number of rotatable bonds is 0. The molecule has 0 unspecified atom stereocenters. The van der Waals surface area contributed by atoms with Gasteiger partial charge in [0.1, 0.15) is 0 Å². The maximum absolute atomic E-state index is 4.38. The molecule has 0 N–H and O–H groups in total. The Kier molecular flexibility index (Phi) is 20.6. The van der Waals surface area contributed by atoms with Crippen molar-refractivity contribution >= 4 is 19.6 Å². The molecule has 0 atom stereocenters. The van der Waals surface area contributed by atoms with E-state index in [1.807, 2.05) is 0 Å². The molecule has 0 bridgehead atoms. The Labute approximate surface area is 56.3 Å². The van der Waals surface area contributed by atoms with E-state index in [1.165, 1.54) is 0 Å². The van der Waals surface area contributed by atoms with Crippen LogP contribution in [-0.4, -0.2) is 0 Å². The van der Waals surface area contributed by atoms with Gasteiger partial charge in [-0.15, -0.1) is 0 Å². The Morgan fingerprint density at radius 2 is 1.25 bits per heavy atom. The number of hydrogen-bond donors (Lipinski definition) is 0. The quantitative estimate of drug-likeness (QED) is 0.516. The Morgan fingerprint density at radius 1 is 1.25 bits per heavy atom. The molecule has 0 saturated carbocycles. The maximum atomic E-state index is 4.38. The molecular formula is AuS2W. The van der Waals surface area contributed by atoms with E-state index in [2.05, 4.69) is 19.6 Å². The summed E-state index contributed by atoms with van der Waals surface area (Å²) >= 11 is -0.583. The molecule has 0 aromatic rings. The molecule has 0 amide bonds. The first-order valence-electron chi connectivity index (χ1n) is 0.333. The predicted molar refractivity (Wildman–Crippen MR) is 15.2 cm³/mol. The zero-order chi connectivity index (χ0) is 2.71. The molecule has 0 aliphatic carbocycles. The summed E-state index contributed by atoms with van der Waals surface area (Å²) in [7, 11) is 8.75. The standard InChI is InChI=1S/Au.2S.W. The van der Waals surface area contributed by atoms with Crippen molar-refractivity contribution in [2.75, 3.05) is 0 Å². The topological polar surface area (TPSA) is 0 Å². The first-order chi connectivity index (χ1) is 1.41. The van der Waals surface area contributed by atoms with Gasteiger partial charge in [0.15, 0.2) is 0 Å². The molecule has 4 heavy (non-hydrogen) atoms. The average Bonchev–Trinajstić information content (AvgIpc) is 0.918. The van der Waals surface area contributed by atoms with Crippen LogP contribution in [0.15, 0.2) is 0 Å². The van der Waals surface area contributed by atoms with E-state index in [0.717, 1.165) is 0 Å². The predicted octanol–water partition coefficient (Wildman–Crippen LogP) is 1.29. The van der Waals surface area contributed by atoms with Crippen LogP contribution in [0.5, 0.6) is 0 Å². The summed E-state index contributed by atoms with van der Waals surface area (Å²) in [6.07, 6.45) is 0. The van der Waals surface area contributed by atoms with Crippen LogP contribution in [0.25, 0.3) is 0 Å². The fourth-order valence-corrected chi connectivity index (χ4v) is 0. The summed E-state index contributed by atoms with van der Waals surface area (Å²) in [4.78, 5) is 0. The molecule has 1 radical (unpaired) electrons. The van der Waals surface area contributed by atoms with Crippen LogP contribution in [0.3, 0.4) is 0 Å². The molecule has 0 spiro atoms. The van der Waals surface area contributed by atoms with Gasteiger partial charge in [0.2, 0.25) is 0 Å². The van der Waals surface area contributed by atoms with Crippen LogP contribution < -0.4 is 0 Å². The van der Waals surface area contributed by atoms with Gasteiger partial charge in [-0.1, -0.05) is 0 Å². The van der Waals surface area contributed by atoms with Crippen molar-refractivity contribution in [3.05, 3.63) is 0 Å². The van der Waals surface area contributed by atoms with E-state index in [-0.39, 0.29) is 22.4 Å². The van der Waals surface area contributed by atoms with Crippen LogP contribution in [0.4, 0.5) is 0 Å². The van der Waals surface area contributed by atoms with E-state index in [1.54, 1.807) is 0 Å². The molecule has 4 heteroatoms. The van der Waals surface area contributed by atoms with E-state index in [4.69, 9.17) is 0 Å². The van der Waals surface area contributed by atoms with E-state index < -0.39 is 14.9 Å². The Balaban J connectivity index is 0. The van der Waals surface area contributed by atoms with Crippen molar-refractivity contribution in [3.8, 4) is 0 Å². The van der Waals surface area contributed by atoms with Gasteiger partial charge in [0, 0.05) is 22.4 Å². The van der Waals surface area contributed by atoms with Crippen molar-refractivity contribution in [2.45, 2.75) is 0 Å². The second kappa shape index (κ2) is 8.85. The van der Waals surface area contributed by atoms with Crippen molar-refractivity contribution in [2.24, 2.45) is 0 Å². The van der Waals surface area contributed by atoms with Crippen LogP contribution in [0.1, 0.15) is 0 Å². The molecule has 29 valence electrons. The summed E-state index contributed by atoms with van der Waals surface area (Å²) in [6, 6.07) is 0. The van der Waals surface area contributed by atoms with Crippen LogP contribution in [-0.2, 0) is 37.3 Å². The summed E-state index contributed by atoms with van der Waals surface area (Å²) in [5.74, 6) is 0. The Morgan fingerprint density at radius 3 is 1.25 bits per heavy atom. The minimum absolute atomic E-state index is 0. The molecular weight excluding hydrogens is 445 g/mol. The van der Waals surface area contributed by atoms with Gasteiger partial charge in [-0.3, -0.25) is 0 Å². The Hall–Kier alpha value is 1.87. The first-order valence-corrected chi connectivity index (χ1v) is 8.19. The van der Waals surface area contributed by atoms with Gasteiger partial charge in [-0.2, -0.15) is 0 Å². The van der Waals surface area contributed by atoms with Crippen LogP contribution >= 0.6 is 19.6 Å². The third kappa shape index (κ3) is 9.12. The van der Waals surface area contributed by atoms with Crippen molar-refractivity contribution in [3.63, 3.8) is 0 Å². The van der Waals surface area contributed by atoms with Crippen molar-refractivity contribution in [1.82, 2.24) is 0 Å². The summed E-state index contributed by atoms with van der Waals surface area (Å²) in [5.41, 5.74) is 0. The number of hydrogen-bond acceptors (Lipinski definition) is 2. The first kappa shape index (κ1) is 9.29. The summed E-state index contributed by atoms with van der Waals surface area (Å²) in [6.45, 7) is 0. The van der Waals surface area contributed by atoms with Gasteiger partial charge in [0.05, 0.1) is 0 Å². The second-order valence-electron chi connectivity index (χ2n) is 0.0680. The third-order valence-electron chi connectivity index (χ3n) is 0. The van der Waals surface area contributed by atoms with Crippen LogP contribution in [0, 0.1) is 0 Å². The Bertz CT molecular complexity index is 27.0. The molecule has 0 saturated heterocycles. The second-order valence-corrected chi connectivity index (χ2v) is 5.01. The molecule has 0 nitrogen and oxygen atoms in total. The molecule has 0 aromatic carbocycles. The molecule has 0 fully saturated rings. The monoisotopic (exact) mass is 445 g/mol. The minimum atomic E-state index is -0.583. The van der Waals surface area contributed by atoms with Gasteiger partial charge in [0.25, 0.3) is 0 Å². The fraction of sp³-hybridized carbons (Fsp3) is 0. The van der Waals surface area contributed by atoms with Crippen molar-refractivity contribution in [1.29, 1.82) is 0 Å². The summed E-state index contributed by atoms with van der Waals surface area (Å²) in [5, 5.41) is 0. The van der Waals surface area contributed by atoms with E-state index in [0.29, 0.717) is 0 Å². The van der Waals surface area contributed by atoms with Gasteiger partial charge in [-0.25, -0.2) is 0 Å². The van der Waals surface area contributed by atoms with Gasteiger partial charge in [-0.05, 0) is 0 Å². The van der Waals surface area contributed by atoms with E-state index >= 15 is 0 Å².